The first-order chi connectivity index (χ1) is 11.5. The molecule has 0 N–H and O–H groups in total. The maximum absolute atomic E-state index is 12.4. The van der Waals surface area contributed by atoms with E-state index in [-0.39, 0.29) is 10.7 Å². The molecule has 5 heteroatoms. The molecule has 2 aromatic rings. The minimum Gasteiger partial charge on any atom is -0.289 e. The molecule has 0 amide bonds. The van der Waals surface area contributed by atoms with Gasteiger partial charge in [0.1, 0.15) is 0 Å². The highest BCUT2D eigenvalue weighted by molar-refractivity contribution is 7.89. The van der Waals surface area contributed by atoms with Crippen LogP contribution in [0.15, 0.2) is 65.6 Å². The van der Waals surface area contributed by atoms with Crippen LogP contribution in [0.25, 0.3) is 6.08 Å². The van der Waals surface area contributed by atoms with Crippen LogP contribution in [0.1, 0.15) is 29.8 Å². The maximum Gasteiger partial charge on any atom is 0.243 e. The Hall–Kier alpha value is -2.24. The third kappa shape index (κ3) is 4.19. The van der Waals surface area contributed by atoms with E-state index in [0.29, 0.717) is 18.7 Å². The summed E-state index contributed by atoms with van der Waals surface area (Å²) in [6, 6.07) is 15.5. The van der Waals surface area contributed by atoms with Gasteiger partial charge in [0, 0.05) is 18.7 Å². The van der Waals surface area contributed by atoms with Crippen molar-refractivity contribution in [2.45, 2.75) is 18.7 Å². The van der Waals surface area contributed by atoms with E-state index in [4.69, 9.17) is 0 Å². The standard InChI is InChI=1S/C19H21NO3S/c1-3-20(4-2)24(22,23)18-13-10-16(11-14-18)12-15-19(21)17-8-6-5-7-9-17/h5-15H,3-4H2,1-2H3. The van der Waals surface area contributed by atoms with Crippen molar-refractivity contribution in [3.8, 4) is 0 Å². The Labute approximate surface area is 143 Å². The molecule has 24 heavy (non-hydrogen) atoms. The van der Waals surface area contributed by atoms with Crippen LogP contribution in [0.5, 0.6) is 0 Å². The summed E-state index contributed by atoms with van der Waals surface area (Å²) in [6.07, 6.45) is 3.17. The molecule has 0 atom stereocenters. The van der Waals surface area contributed by atoms with Crippen molar-refractivity contribution < 1.29 is 13.2 Å². The zero-order valence-electron chi connectivity index (χ0n) is 13.8. The van der Waals surface area contributed by atoms with Crippen molar-refractivity contribution in [1.82, 2.24) is 4.31 Å². The molecular weight excluding hydrogens is 322 g/mol. The first kappa shape index (κ1) is 18.1. The summed E-state index contributed by atoms with van der Waals surface area (Å²) < 4.78 is 26.2. The van der Waals surface area contributed by atoms with E-state index in [2.05, 4.69) is 0 Å². The smallest absolute Gasteiger partial charge is 0.243 e. The fourth-order valence-corrected chi connectivity index (χ4v) is 3.79. The van der Waals surface area contributed by atoms with Crippen LogP contribution >= 0.6 is 0 Å². The van der Waals surface area contributed by atoms with E-state index in [1.807, 2.05) is 32.0 Å². The molecule has 126 valence electrons. The summed E-state index contributed by atoms with van der Waals surface area (Å²) in [7, 11) is -3.45. The Balaban J connectivity index is 2.15. The lowest BCUT2D eigenvalue weighted by Crippen LogP contribution is -2.30. The van der Waals surface area contributed by atoms with Gasteiger partial charge in [-0.25, -0.2) is 8.42 Å². The molecule has 4 nitrogen and oxygen atoms in total. The number of nitrogens with zero attached hydrogens (tertiary/aromatic N) is 1. The molecule has 0 spiro atoms. The van der Waals surface area contributed by atoms with Gasteiger partial charge in [-0.15, -0.1) is 0 Å². The van der Waals surface area contributed by atoms with Crippen molar-refractivity contribution in [3.63, 3.8) is 0 Å². The fraction of sp³-hybridized carbons (Fsp3) is 0.211. The van der Waals surface area contributed by atoms with Gasteiger partial charge in [0.25, 0.3) is 0 Å². The van der Waals surface area contributed by atoms with Crippen molar-refractivity contribution >= 4 is 21.9 Å². The Morgan fingerprint density at radius 2 is 1.54 bits per heavy atom. The Bertz CT molecular complexity index is 805. The summed E-state index contributed by atoms with van der Waals surface area (Å²) in [5.74, 6) is -0.0876. The van der Waals surface area contributed by atoms with Gasteiger partial charge in [0.05, 0.1) is 4.90 Å². The predicted molar refractivity (Wildman–Crippen MR) is 96.4 cm³/mol. The molecule has 0 radical (unpaired) electrons. The summed E-state index contributed by atoms with van der Waals surface area (Å²) in [5.41, 5.74) is 1.40. The van der Waals surface area contributed by atoms with Gasteiger partial charge in [0.2, 0.25) is 10.0 Å². The molecular formula is C19H21NO3S. The second-order valence-corrected chi connectivity index (χ2v) is 7.16. The SMILES string of the molecule is CCN(CC)S(=O)(=O)c1ccc(C=CC(=O)c2ccccc2)cc1. The molecule has 0 aromatic heterocycles. The van der Waals surface area contributed by atoms with E-state index >= 15 is 0 Å². The molecule has 2 aromatic carbocycles. The van der Waals surface area contributed by atoms with E-state index in [1.165, 1.54) is 10.4 Å². The molecule has 0 saturated carbocycles. The van der Waals surface area contributed by atoms with Crippen LogP contribution in [0.2, 0.25) is 0 Å². The van der Waals surface area contributed by atoms with Crippen molar-refractivity contribution in [3.05, 3.63) is 71.8 Å². The van der Waals surface area contributed by atoms with Gasteiger partial charge in [-0.1, -0.05) is 62.4 Å². The van der Waals surface area contributed by atoms with Crippen LogP contribution in [0.3, 0.4) is 0 Å². The molecule has 0 aliphatic carbocycles. The highest BCUT2D eigenvalue weighted by atomic mass is 32.2. The van der Waals surface area contributed by atoms with E-state index in [9.17, 15) is 13.2 Å². The molecule has 0 saturated heterocycles. The largest absolute Gasteiger partial charge is 0.289 e. The molecule has 2 rings (SSSR count). The number of hydrogen-bond donors (Lipinski definition) is 0. The third-order valence-electron chi connectivity index (χ3n) is 3.71. The molecule has 0 bridgehead atoms. The summed E-state index contributed by atoms with van der Waals surface area (Å²) in [5, 5.41) is 0. The van der Waals surface area contributed by atoms with Crippen LogP contribution < -0.4 is 0 Å². The number of carbonyl (C=O) groups is 1. The number of allylic oxidation sites excluding steroid dienone is 1. The minimum atomic E-state index is -3.45. The van der Waals surface area contributed by atoms with Crippen LogP contribution in [0.4, 0.5) is 0 Å². The third-order valence-corrected chi connectivity index (χ3v) is 5.77. The fourth-order valence-electron chi connectivity index (χ4n) is 2.33. The summed E-state index contributed by atoms with van der Waals surface area (Å²) in [4.78, 5) is 12.3. The zero-order chi connectivity index (χ0) is 17.6. The highest BCUT2D eigenvalue weighted by Crippen LogP contribution is 2.17. The van der Waals surface area contributed by atoms with Gasteiger partial charge in [-0.3, -0.25) is 4.79 Å². The topological polar surface area (TPSA) is 54.5 Å². The first-order valence-electron chi connectivity index (χ1n) is 7.86. The normalized spacial score (nSPS) is 12.0. The minimum absolute atomic E-state index is 0.0876. The quantitative estimate of drug-likeness (QED) is 0.570. The first-order valence-corrected chi connectivity index (χ1v) is 9.30. The average molecular weight is 343 g/mol. The number of rotatable bonds is 7. The predicted octanol–water partition coefficient (Wildman–Crippen LogP) is 3.61. The van der Waals surface area contributed by atoms with E-state index < -0.39 is 10.0 Å². The summed E-state index contributed by atoms with van der Waals surface area (Å²) in [6.45, 7) is 4.50. The lowest BCUT2D eigenvalue weighted by molar-refractivity contribution is 0.104. The number of benzene rings is 2. The summed E-state index contributed by atoms with van der Waals surface area (Å²) >= 11 is 0. The Morgan fingerprint density at radius 1 is 0.958 bits per heavy atom. The van der Waals surface area contributed by atoms with E-state index in [1.54, 1.807) is 42.5 Å². The van der Waals surface area contributed by atoms with E-state index in [0.717, 1.165) is 5.56 Å². The molecule has 0 heterocycles. The van der Waals surface area contributed by atoms with Gasteiger partial charge in [-0.05, 0) is 23.8 Å². The average Bonchev–Trinajstić information content (AvgIpc) is 2.61. The van der Waals surface area contributed by atoms with Crippen molar-refractivity contribution in [2.24, 2.45) is 0 Å². The molecule has 0 aliphatic heterocycles. The van der Waals surface area contributed by atoms with Crippen molar-refractivity contribution in [2.75, 3.05) is 13.1 Å². The molecule has 0 aliphatic rings. The van der Waals surface area contributed by atoms with Crippen LogP contribution in [-0.4, -0.2) is 31.6 Å². The highest BCUT2D eigenvalue weighted by Gasteiger charge is 2.20. The lowest BCUT2D eigenvalue weighted by atomic mass is 10.1. The van der Waals surface area contributed by atoms with Gasteiger partial charge in [0.15, 0.2) is 5.78 Å². The Morgan fingerprint density at radius 3 is 2.08 bits per heavy atom. The monoisotopic (exact) mass is 343 g/mol. The second kappa shape index (κ2) is 8.04. The van der Waals surface area contributed by atoms with Gasteiger partial charge in [-0.2, -0.15) is 4.31 Å². The number of carbonyl (C=O) groups excluding carboxylic acids is 1. The number of ketones is 1. The van der Waals surface area contributed by atoms with Crippen molar-refractivity contribution in [1.29, 1.82) is 0 Å². The zero-order valence-corrected chi connectivity index (χ0v) is 14.7. The Kier molecular flexibility index (Phi) is 6.06. The van der Waals surface area contributed by atoms with Gasteiger partial charge >= 0.3 is 0 Å². The maximum atomic E-state index is 12.4. The van der Waals surface area contributed by atoms with Gasteiger partial charge < -0.3 is 0 Å². The number of hydrogen-bond acceptors (Lipinski definition) is 3. The molecule has 0 unspecified atom stereocenters. The van der Waals surface area contributed by atoms with Crippen LogP contribution in [0, 0.1) is 0 Å². The van der Waals surface area contributed by atoms with Crippen LogP contribution in [-0.2, 0) is 10.0 Å². The lowest BCUT2D eigenvalue weighted by Gasteiger charge is -2.18. The second-order valence-electron chi connectivity index (χ2n) is 5.22. The molecule has 0 fully saturated rings. The number of sulfonamides is 1.